The molecule has 1 saturated carbocycles. The molecule has 1 aromatic carbocycles. The summed E-state index contributed by atoms with van der Waals surface area (Å²) in [5.74, 6) is 1.22. The third kappa shape index (κ3) is 6.40. The Balaban J connectivity index is 1.84. The molecule has 1 aromatic rings. The van der Waals surface area contributed by atoms with E-state index in [1.807, 2.05) is 25.1 Å². The summed E-state index contributed by atoms with van der Waals surface area (Å²) in [4.78, 5) is 16.2. The summed E-state index contributed by atoms with van der Waals surface area (Å²) in [6, 6.07) is 5.52. The molecule has 7 heteroatoms. The van der Waals surface area contributed by atoms with E-state index < -0.39 is 0 Å². The maximum atomic E-state index is 11.6. The molecule has 138 valence electrons. The first-order chi connectivity index (χ1) is 12.0. The maximum Gasteiger partial charge on any atom is 0.223 e. The van der Waals surface area contributed by atoms with Gasteiger partial charge in [-0.15, -0.1) is 0 Å². The van der Waals surface area contributed by atoms with Crippen molar-refractivity contribution in [2.75, 3.05) is 26.2 Å². The predicted molar refractivity (Wildman–Crippen MR) is 105 cm³/mol. The van der Waals surface area contributed by atoms with Crippen molar-refractivity contribution in [1.29, 1.82) is 0 Å². The normalized spacial score (nSPS) is 15.6. The molecule has 0 saturated heterocycles. The van der Waals surface area contributed by atoms with E-state index in [2.05, 4.69) is 27.9 Å². The molecule has 3 N–H and O–H groups in total. The number of nitrogens with one attached hydrogen (secondary N) is 3. The second-order valence-corrected chi connectivity index (χ2v) is 7.06. The number of amides is 1. The fourth-order valence-corrected chi connectivity index (χ4v) is 3.27. The van der Waals surface area contributed by atoms with Crippen molar-refractivity contribution in [3.63, 3.8) is 0 Å². The van der Waals surface area contributed by atoms with Crippen LogP contribution in [-0.4, -0.2) is 38.0 Å². The third-order valence-corrected chi connectivity index (χ3v) is 4.68. The highest BCUT2D eigenvalue weighted by Crippen LogP contribution is 2.31. The quantitative estimate of drug-likeness (QED) is 0.366. The number of benzene rings is 1. The molecule has 0 spiro atoms. The SMILES string of the molecule is CCNC(=NCC(C)c1c(Cl)cccc1Cl)NCCNC(=O)C1CC1. The van der Waals surface area contributed by atoms with Crippen molar-refractivity contribution in [2.24, 2.45) is 10.9 Å². The number of carbonyl (C=O) groups excluding carboxylic acids is 1. The zero-order valence-corrected chi connectivity index (χ0v) is 16.3. The third-order valence-electron chi connectivity index (χ3n) is 4.02. The Morgan fingerprint density at radius 2 is 1.84 bits per heavy atom. The lowest BCUT2D eigenvalue weighted by Gasteiger charge is -2.16. The molecule has 0 aliphatic heterocycles. The first-order valence-corrected chi connectivity index (χ1v) is 9.52. The Kier molecular flexibility index (Phi) is 7.85. The van der Waals surface area contributed by atoms with E-state index in [1.54, 1.807) is 0 Å². The van der Waals surface area contributed by atoms with Crippen molar-refractivity contribution < 1.29 is 4.79 Å². The van der Waals surface area contributed by atoms with Crippen LogP contribution in [-0.2, 0) is 4.79 Å². The van der Waals surface area contributed by atoms with Crippen LogP contribution in [0.2, 0.25) is 10.0 Å². The molecule has 0 bridgehead atoms. The summed E-state index contributed by atoms with van der Waals surface area (Å²) in [7, 11) is 0. The molecule has 1 aliphatic rings. The summed E-state index contributed by atoms with van der Waals surface area (Å²) in [5, 5.41) is 10.7. The van der Waals surface area contributed by atoms with Crippen LogP contribution in [0.5, 0.6) is 0 Å². The first kappa shape index (κ1) is 19.9. The van der Waals surface area contributed by atoms with Crippen molar-refractivity contribution in [3.8, 4) is 0 Å². The average molecular weight is 385 g/mol. The number of halogens is 2. The minimum atomic E-state index is 0.103. The van der Waals surface area contributed by atoms with Crippen molar-refractivity contribution in [3.05, 3.63) is 33.8 Å². The first-order valence-electron chi connectivity index (χ1n) is 8.76. The fraction of sp³-hybridized carbons (Fsp3) is 0.556. The highest BCUT2D eigenvalue weighted by molar-refractivity contribution is 6.36. The fourth-order valence-electron chi connectivity index (χ4n) is 2.50. The van der Waals surface area contributed by atoms with Crippen LogP contribution in [0, 0.1) is 5.92 Å². The summed E-state index contributed by atoms with van der Waals surface area (Å²) < 4.78 is 0. The van der Waals surface area contributed by atoms with Gasteiger partial charge in [-0.05, 0) is 37.5 Å². The molecule has 1 amide bonds. The van der Waals surface area contributed by atoms with E-state index in [0.717, 1.165) is 30.9 Å². The van der Waals surface area contributed by atoms with Gasteiger partial charge in [0, 0.05) is 48.1 Å². The number of hydrogen-bond acceptors (Lipinski definition) is 2. The maximum absolute atomic E-state index is 11.6. The number of nitrogens with zero attached hydrogens (tertiary/aromatic N) is 1. The van der Waals surface area contributed by atoms with Gasteiger partial charge < -0.3 is 16.0 Å². The Morgan fingerprint density at radius 3 is 2.44 bits per heavy atom. The largest absolute Gasteiger partial charge is 0.357 e. The van der Waals surface area contributed by atoms with E-state index in [1.165, 1.54) is 0 Å². The Labute approximate surface area is 159 Å². The number of aliphatic imine (C=N–C) groups is 1. The van der Waals surface area contributed by atoms with Crippen LogP contribution in [0.3, 0.4) is 0 Å². The van der Waals surface area contributed by atoms with Gasteiger partial charge in [0.05, 0.1) is 0 Å². The highest BCUT2D eigenvalue weighted by atomic mass is 35.5. The molecule has 1 unspecified atom stereocenters. The molecule has 0 radical (unpaired) electrons. The number of hydrogen-bond donors (Lipinski definition) is 3. The highest BCUT2D eigenvalue weighted by Gasteiger charge is 2.28. The second kappa shape index (κ2) is 9.88. The van der Waals surface area contributed by atoms with E-state index in [-0.39, 0.29) is 17.7 Å². The minimum Gasteiger partial charge on any atom is -0.357 e. The van der Waals surface area contributed by atoms with Gasteiger partial charge in [0.25, 0.3) is 0 Å². The Hall–Kier alpha value is -1.46. The molecule has 1 aliphatic carbocycles. The molecule has 1 atom stereocenters. The topological polar surface area (TPSA) is 65.5 Å². The standard InChI is InChI=1S/C18H26Cl2N4O/c1-3-21-18(23-10-9-22-17(25)13-7-8-13)24-11-12(2)16-14(19)5-4-6-15(16)20/h4-6,12-13H,3,7-11H2,1-2H3,(H,22,25)(H2,21,23,24). The van der Waals surface area contributed by atoms with Gasteiger partial charge in [-0.3, -0.25) is 9.79 Å². The predicted octanol–water partition coefficient (Wildman–Crippen LogP) is 3.18. The second-order valence-electron chi connectivity index (χ2n) is 6.25. The van der Waals surface area contributed by atoms with Gasteiger partial charge >= 0.3 is 0 Å². The van der Waals surface area contributed by atoms with Crippen molar-refractivity contribution in [1.82, 2.24) is 16.0 Å². The monoisotopic (exact) mass is 384 g/mol. The van der Waals surface area contributed by atoms with Gasteiger partial charge in [0.2, 0.25) is 5.91 Å². The van der Waals surface area contributed by atoms with Crippen molar-refractivity contribution in [2.45, 2.75) is 32.6 Å². The summed E-state index contributed by atoms with van der Waals surface area (Å²) in [6.45, 7) is 6.61. The lowest BCUT2D eigenvalue weighted by molar-refractivity contribution is -0.122. The van der Waals surface area contributed by atoms with Gasteiger partial charge in [-0.25, -0.2) is 0 Å². The van der Waals surface area contributed by atoms with E-state index in [0.29, 0.717) is 29.7 Å². The van der Waals surface area contributed by atoms with E-state index in [9.17, 15) is 4.79 Å². The molecule has 0 heterocycles. The Bertz CT molecular complexity index is 597. The van der Waals surface area contributed by atoms with Crippen LogP contribution in [0.15, 0.2) is 23.2 Å². The molecule has 5 nitrogen and oxygen atoms in total. The molecule has 1 fully saturated rings. The number of carbonyl (C=O) groups is 1. The molecule has 2 rings (SSSR count). The summed E-state index contributed by atoms with van der Waals surface area (Å²) in [6.07, 6.45) is 2.04. The zero-order chi connectivity index (χ0) is 18.2. The zero-order valence-electron chi connectivity index (χ0n) is 14.7. The Morgan fingerprint density at radius 1 is 1.20 bits per heavy atom. The molecular formula is C18H26Cl2N4O. The lowest BCUT2D eigenvalue weighted by Crippen LogP contribution is -2.42. The summed E-state index contributed by atoms with van der Waals surface area (Å²) >= 11 is 12.5. The van der Waals surface area contributed by atoms with E-state index in [4.69, 9.17) is 23.2 Å². The van der Waals surface area contributed by atoms with Gasteiger partial charge in [-0.1, -0.05) is 36.2 Å². The van der Waals surface area contributed by atoms with Gasteiger partial charge in [0.15, 0.2) is 5.96 Å². The van der Waals surface area contributed by atoms with Crippen LogP contribution >= 0.6 is 23.2 Å². The van der Waals surface area contributed by atoms with Crippen LogP contribution in [0.1, 0.15) is 38.2 Å². The minimum absolute atomic E-state index is 0.103. The van der Waals surface area contributed by atoms with Crippen LogP contribution in [0.4, 0.5) is 0 Å². The smallest absolute Gasteiger partial charge is 0.223 e. The van der Waals surface area contributed by atoms with Crippen LogP contribution in [0.25, 0.3) is 0 Å². The summed E-state index contributed by atoms with van der Waals surface area (Å²) in [5.41, 5.74) is 0.919. The molecular weight excluding hydrogens is 359 g/mol. The number of rotatable bonds is 8. The number of guanidine groups is 1. The van der Waals surface area contributed by atoms with Crippen LogP contribution < -0.4 is 16.0 Å². The molecule has 25 heavy (non-hydrogen) atoms. The average Bonchev–Trinajstić information content (AvgIpc) is 3.41. The van der Waals surface area contributed by atoms with Gasteiger partial charge in [-0.2, -0.15) is 0 Å². The van der Waals surface area contributed by atoms with Gasteiger partial charge in [0.1, 0.15) is 0 Å². The van der Waals surface area contributed by atoms with E-state index >= 15 is 0 Å². The van der Waals surface area contributed by atoms with Crippen molar-refractivity contribution >= 4 is 35.1 Å². The lowest BCUT2D eigenvalue weighted by atomic mass is 10.0. The molecule has 0 aromatic heterocycles.